The maximum atomic E-state index is 14.4. The summed E-state index contributed by atoms with van der Waals surface area (Å²) in [5.74, 6) is -1.17. The van der Waals surface area contributed by atoms with Crippen LogP contribution >= 0.6 is 0 Å². The van der Waals surface area contributed by atoms with E-state index in [4.69, 9.17) is 10.2 Å². The molecule has 8 nitrogen and oxygen atoms in total. The van der Waals surface area contributed by atoms with E-state index in [0.29, 0.717) is 17.1 Å². The first kappa shape index (κ1) is 17.6. The Morgan fingerprint density at radius 1 is 1.07 bits per heavy atom. The van der Waals surface area contributed by atoms with E-state index in [1.165, 1.54) is 16.8 Å². The molecule has 0 bridgehead atoms. The lowest BCUT2D eigenvalue weighted by Gasteiger charge is -2.04. The second kappa shape index (κ2) is 7.10. The van der Waals surface area contributed by atoms with Crippen molar-refractivity contribution in [1.82, 2.24) is 30.2 Å². The van der Waals surface area contributed by atoms with Crippen molar-refractivity contribution in [3.05, 3.63) is 60.0 Å². The van der Waals surface area contributed by atoms with Crippen LogP contribution in [0.15, 0.2) is 47.1 Å². The van der Waals surface area contributed by atoms with Gasteiger partial charge in [-0.15, -0.1) is 15.3 Å². The van der Waals surface area contributed by atoms with Gasteiger partial charge in [-0.1, -0.05) is 11.3 Å². The Labute approximate surface area is 155 Å². The SMILES string of the molecule is Nc1ccc(-c2cn(Cc3ccc(-c4nnc(C(F)F)o4)cc3F)nn2)cn1. The molecule has 0 amide bonds. The molecule has 1 aromatic carbocycles. The third kappa shape index (κ3) is 3.54. The lowest BCUT2D eigenvalue weighted by atomic mass is 10.1. The first-order valence-corrected chi connectivity index (χ1v) is 8.02. The molecule has 0 fully saturated rings. The van der Waals surface area contributed by atoms with Gasteiger partial charge in [0.2, 0.25) is 5.89 Å². The number of nitrogens with zero attached hydrogens (tertiary/aromatic N) is 6. The Morgan fingerprint density at radius 3 is 2.57 bits per heavy atom. The van der Waals surface area contributed by atoms with Gasteiger partial charge in [-0.3, -0.25) is 0 Å². The molecule has 142 valence electrons. The standard InChI is InChI=1S/C17H12F3N7O/c18-12-5-9(16-24-25-17(28-16)15(19)20)1-2-11(12)7-27-8-13(23-26-27)10-3-4-14(21)22-6-10/h1-6,8,15H,7H2,(H2,21,22). The van der Waals surface area contributed by atoms with E-state index >= 15 is 0 Å². The first-order valence-electron chi connectivity index (χ1n) is 8.02. The van der Waals surface area contributed by atoms with Crippen LogP contribution in [0.5, 0.6) is 0 Å². The van der Waals surface area contributed by atoms with Crippen LogP contribution in [0.4, 0.5) is 19.0 Å². The van der Waals surface area contributed by atoms with E-state index in [2.05, 4.69) is 25.5 Å². The minimum Gasteiger partial charge on any atom is -0.415 e. The number of nitrogen functional groups attached to an aromatic ring is 1. The lowest BCUT2D eigenvalue weighted by molar-refractivity contribution is 0.116. The van der Waals surface area contributed by atoms with E-state index < -0.39 is 18.1 Å². The summed E-state index contributed by atoms with van der Waals surface area (Å²) in [6, 6.07) is 7.53. The number of nitrogens with two attached hydrogens (primary N) is 1. The van der Waals surface area contributed by atoms with Gasteiger partial charge in [0.25, 0.3) is 5.89 Å². The molecule has 0 saturated carbocycles. The van der Waals surface area contributed by atoms with Crippen LogP contribution in [0.3, 0.4) is 0 Å². The predicted molar refractivity (Wildman–Crippen MR) is 91.4 cm³/mol. The second-order valence-electron chi connectivity index (χ2n) is 5.83. The first-order chi connectivity index (χ1) is 13.5. The van der Waals surface area contributed by atoms with E-state index in [1.54, 1.807) is 24.5 Å². The molecular formula is C17H12F3N7O. The summed E-state index contributed by atoms with van der Waals surface area (Å²) >= 11 is 0. The number of rotatable bonds is 5. The van der Waals surface area contributed by atoms with Crippen LogP contribution in [0.2, 0.25) is 0 Å². The Kier molecular flexibility index (Phi) is 4.47. The van der Waals surface area contributed by atoms with Gasteiger partial charge in [-0.25, -0.2) is 14.1 Å². The van der Waals surface area contributed by atoms with Crippen molar-refractivity contribution >= 4 is 5.82 Å². The van der Waals surface area contributed by atoms with E-state index in [-0.39, 0.29) is 18.0 Å². The molecule has 2 N–H and O–H groups in total. The van der Waals surface area contributed by atoms with Crippen molar-refractivity contribution in [3.63, 3.8) is 0 Å². The average Bonchev–Trinajstić information content (AvgIpc) is 3.34. The summed E-state index contributed by atoms with van der Waals surface area (Å²) in [5.41, 5.74) is 7.37. The highest BCUT2D eigenvalue weighted by Gasteiger charge is 2.18. The zero-order chi connectivity index (χ0) is 19.7. The molecular weight excluding hydrogens is 375 g/mol. The van der Waals surface area contributed by atoms with Crippen LogP contribution in [0.25, 0.3) is 22.7 Å². The molecule has 0 aliphatic rings. The molecule has 28 heavy (non-hydrogen) atoms. The number of benzene rings is 1. The summed E-state index contributed by atoms with van der Waals surface area (Å²) in [6.07, 6.45) is 0.327. The molecule has 0 atom stereocenters. The van der Waals surface area contributed by atoms with Gasteiger partial charge < -0.3 is 10.2 Å². The van der Waals surface area contributed by atoms with Gasteiger partial charge >= 0.3 is 6.43 Å². The molecule has 4 rings (SSSR count). The van der Waals surface area contributed by atoms with E-state index in [1.807, 2.05) is 0 Å². The quantitative estimate of drug-likeness (QED) is 0.560. The highest BCUT2D eigenvalue weighted by atomic mass is 19.3. The third-order valence-electron chi connectivity index (χ3n) is 3.88. The molecule has 11 heteroatoms. The maximum Gasteiger partial charge on any atom is 0.314 e. The number of hydrogen-bond donors (Lipinski definition) is 1. The summed E-state index contributed by atoms with van der Waals surface area (Å²) in [6.45, 7) is 0.119. The normalized spacial score (nSPS) is 11.3. The predicted octanol–water partition coefficient (Wildman–Crippen LogP) is 3.10. The zero-order valence-corrected chi connectivity index (χ0v) is 14.1. The van der Waals surface area contributed by atoms with Gasteiger partial charge in [0, 0.05) is 22.9 Å². The summed E-state index contributed by atoms with van der Waals surface area (Å²) in [7, 11) is 0. The lowest BCUT2D eigenvalue weighted by Crippen LogP contribution is -2.03. The van der Waals surface area contributed by atoms with E-state index in [9.17, 15) is 13.2 Å². The van der Waals surface area contributed by atoms with Gasteiger partial charge in [0.15, 0.2) is 0 Å². The van der Waals surface area contributed by atoms with Gasteiger partial charge in [0.05, 0.1) is 12.7 Å². The minimum atomic E-state index is -2.89. The van der Waals surface area contributed by atoms with Crippen molar-refractivity contribution in [2.45, 2.75) is 13.0 Å². The van der Waals surface area contributed by atoms with Crippen molar-refractivity contribution < 1.29 is 17.6 Å². The highest BCUT2D eigenvalue weighted by Crippen LogP contribution is 2.25. The Hall–Kier alpha value is -3.76. The summed E-state index contributed by atoms with van der Waals surface area (Å²) in [5, 5.41) is 14.7. The van der Waals surface area contributed by atoms with Crippen molar-refractivity contribution in [3.8, 4) is 22.7 Å². The molecule has 0 spiro atoms. The minimum absolute atomic E-state index is 0.119. The number of alkyl halides is 2. The largest absolute Gasteiger partial charge is 0.415 e. The zero-order valence-electron chi connectivity index (χ0n) is 14.1. The average molecular weight is 387 g/mol. The van der Waals surface area contributed by atoms with Crippen molar-refractivity contribution in [1.29, 1.82) is 0 Å². The van der Waals surface area contributed by atoms with Crippen LogP contribution in [-0.4, -0.2) is 30.2 Å². The summed E-state index contributed by atoms with van der Waals surface area (Å²) in [4.78, 5) is 3.99. The molecule has 0 radical (unpaired) electrons. The Balaban J connectivity index is 1.53. The van der Waals surface area contributed by atoms with Crippen LogP contribution in [-0.2, 0) is 6.54 Å². The maximum absolute atomic E-state index is 14.4. The topological polar surface area (TPSA) is 109 Å². The van der Waals surface area contributed by atoms with Crippen molar-refractivity contribution in [2.24, 2.45) is 0 Å². The fraction of sp³-hybridized carbons (Fsp3) is 0.118. The third-order valence-corrected chi connectivity index (χ3v) is 3.88. The monoisotopic (exact) mass is 387 g/mol. The number of aromatic nitrogens is 6. The molecule has 0 unspecified atom stereocenters. The molecule has 0 saturated heterocycles. The smallest absolute Gasteiger partial charge is 0.314 e. The Morgan fingerprint density at radius 2 is 1.89 bits per heavy atom. The number of anilines is 1. The second-order valence-corrected chi connectivity index (χ2v) is 5.83. The van der Waals surface area contributed by atoms with Crippen molar-refractivity contribution in [2.75, 3.05) is 5.73 Å². The van der Waals surface area contributed by atoms with Crippen LogP contribution < -0.4 is 5.73 Å². The molecule has 3 aromatic heterocycles. The summed E-state index contributed by atoms with van der Waals surface area (Å²) < 4.78 is 45.8. The number of hydrogen-bond acceptors (Lipinski definition) is 7. The van der Waals surface area contributed by atoms with Gasteiger partial charge in [-0.05, 0) is 24.3 Å². The number of halogens is 3. The highest BCUT2D eigenvalue weighted by molar-refractivity contribution is 5.58. The molecule has 0 aliphatic carbocycles. The number of pyridine rings is 1. The Bertz CT molecular complexity index is 1110. The van der Waals surface area contributed by atoms with Gasteiger partial charge in [0.1, 0.15) is 17.3 Å². The van der Waals surface area contributed by atoms with Gasteiger partial charge in [-0.2, -0.15) is 8.78 Å². The van der Waals surface area contributed by atoms with Crippen LogP contribution in [0, 0.1) is 5.82 Å². The van der Waals surface area contributed by atoms with E-state index in [0.717, 1.165) is 11.6 Å². The molecule has 0 aliphatic heterocycles. The fourth-order valence-electron chi connectivity index (χ4n) is 2.49. The van der Waals surface area contributed by atoms with Crippen LogP contribution in [0.1, 0.15) is 17.9 Å². The molecule has 3 heterocycles. The fourth-order valence-corrected chi connectivity index (χ4v) is 2.49. The molecule has 4 aromatic rings.